The van der Waals surface area contributed by atoms with Gasteiger partial charge in [-0.25, -0.2) is 0 Å². The van der Waals surface area contributed by atoms with E-state index in [0.717, 1.165) is 11.8 Å². The van der Waals surface area contributed by atoms with E-state index in [9.17, 15) is 5.11 Å². The number of likely N-dealkylation sites (tertiary alicyclic amines) is 1. The largest absolute Gasteiger partial charge is 0.508 e. The molecule has 1 N–H and O–H groups in total. The first kappa shape index (κ1) is 14.6. The maximum absolute atomic E-state index is 9.97. The SMILES string of the molecule is Oc1cccc(C23CCCCC2CCN(CC2CC2)CC3)c1. The van der Waals surface area contributed by atoms with Crippen molar-refractivity contribution in [1.29, 1.82) is 0 Å². The van der Waals surface area contributed by atoms with Crippen molar-refractivity contribution >= 4 is 0 Å². The zero-order valence-electron chi connectivity index (χ0n) is 13.6. The van der Waals surface area contributed by atoms with Gasteiger partial charge in [-0.2, -0.15) is 0 Å². The predicted octanol–water partition coefficient (Wildman–Crippen LogP) is 4.33. The van der Waals surface area contributed by atoms with Gasteiger partial charge in [0.05, 0.1) is 0 Å². The van der Waals surface area contributed by atoms with Gasteiger partial charge in [0.25, 0.3) is 0 Å². The van der Waals surface area contributed by atoms with Crippen LogP contribution >= 0.6 is 0 Å². The second kappa shape index (κ2) is 5.88. The van der Waals surface area contributed by atoms with Crippen molar-refractivity contribution in [3.63, 3.8) is 0 Å². The number of nitrogens with zero attached hydrogens (tertiary/aromatic N) is 1. The highest BCUT2D eigenvalue weighted by atomic mass is 16.3. The van der Waals surface area contributed by atoms with Crippen molar-refractivity contribution in [2.75, 3.05) is 19.6 Å². The van der Waals surface area contributed by atoms with Gasteiger partial charge in [-0.05, 0) is 86.6 Å². The molecule has 2 atom stereocenters. The quantitative estimate of drug-likeness (QED) is 0.898. The van der Waals surface area contributed by atoms with E-state index in [1.54, 1.807) is 0 Å². The Balaban J connectivity index is 1.60. The standard InChI is InChI=1S/C20H29NO/c22-19-6-3-5-18(14-19)20-10-2-1-4-17(20)9-12-21(13-11-20)15-16-7-8-16/h3,5-6,14,16-17,22H,1-2,4,7-13,15H2. The first-order valence-electron chi connectivity index (χ1n) is 9.28. The van der Waals surface area contributed by atoms with Gasteiger partial charge in [-0.15, -0.1) is 0 Å². The number of phenolic OH excluding ortho intramolecular Hbond substituents is 1. The summed E-state index contributed by atoms with van der Waals surface area (Å²) < 4.78 is 0. The monoisotopic (exact) mass is 299 g/mol. The molecule has 1 aromatic carbocycles. The van der Waals surface area contributed by atoms with Crippen LogP contribution in [0.4, 0.5) is 0 Å². The number of benzene rings is 1. The number of hydrogen-bond acceptors (Lipinski definition) is 2. The summed E-state index contributed by atoms with van der Waals surface area (Å²) in [5, 5.41) is 9.97. The maximum Gasteiger partial charge on any atom is 0.115 e. The minimum atomic E-state index is 0.329. The fraction of sp³-hybridized carbons (Fsp3) is 0.700. The molecule has 4 rings (SSSR count). The van der Waals surface area contributed by atoms with E-state index < -0.39 is 0 Å². The van der Waals surface area contributed by atoms with Gasteiger partial charge >= 0.3 is 0 Å². The average molecular weight is 299 g/mol. The van der Waals surface area contributed by atoms with Gasteiger partial charge in [0, 0.05) is 6.54 Å². The summed E-state index contributed by atoms with van der Waals surface area (Å²) in [6.45, 7) is 3.88. The summed E-state index contributed by atoms with van der Waals surface area (Å²) in [4.78, 5) is 2.74. The Morgan fingerprint density at radius 1 is 1.05 bits per heavy atom. The van der Waals surface area contributed by atoms with E-state index in [-0.39, 0.29) is 0 Å². The Hall–Kier alpha value is -1.02. The third-order valence-corrected chi connectivity index (χ3v) is 6.51. The van der Waals surface area contributed by atoms with E-state index in [1.807, 2.05) is 12.1 Å². The molecule has 2 aliphatic carbocycles. The molecule has 0 spiro atoms. The number of fused-ring (bicyclic) bond motifs is 1. The molecule has 3 aliphatic rings. The molecule has 0 aromatic heterocycles. The lowest BCUT2D eigenvalue weighted by atomic mass is 9.60. The van der Waals surface area contributed by atoms with Crippen molar-refractivity contribution in [1.82, 2.24) is 4.90 Å². The summed E-state index contributed by atoms with van der Waals surface area (Å²) in [5.41, 5.74) is 1.74. The van der Waals surface area contributed by atoms with Crippen LogP contribution in [0.15, 0.2) is 24.3 Å². The van der Waals surface area contributed by atoms with Crippen molar-refractivity contribution < 1.29 is 5.11 Å². The highest BCUT2D eigenvalue weighted by Gasteiger charge is 2.43. The molecule has 1 aromatic rings. The van der Waals surface area contributed by atoms with E-state index in [0.29, 0.717) is 11.2 Å². The molecular formula is C20H29NO. The van der Waals surface area contributed by atoms with Crippen molar-refractivity contribution in [3.05, 3.63) is 29.8 Å². The van der Waals surface area contributed by atoms with Crippen LogP contribution in [0.2, 0.25) is 0 Å². The van der Waals surface area contributed by atoms with Crippen molar-refractivity contribution in [3.8, 4) is 5.75 Å². The van der Waals surface area contributed by atoms with Crippen LogP contribution in [-0.4, -0.2) is 29.6 Å². The molecule has 22 heavy (non-hydrogen) atoms. The highest BCUT2D eigenvalue weighted by molar-refractivity contribution is 5.34. The summed E-state index contributed by atoms with van der Waals surface area (Å²) in [6, 6.07) is 8.18. The molecule has 3 fully saturated rings. The molecular weight excluding hydrogens is 270 g/mol. The lowest BCUT2D eigenvalue weighted by molar-refractivity contribution is 0.176. The van der Waals surface area contributed by atoms with E-state index >= 15 is 0 Å². The molecule has 120 valence electrons. The second-order valence-corrected chi connectivity index (χ2v) is 7.93. The molecule has 1 saturated heterocycles. The maximum atomic E-state index is 9.97. The lowest BCUT2D eigenvalue weighted by Crippen LogP contribution is -2.38. The van der Waals surface area contributed by atoms with Gasteiger partial charge in [0.15, 0.2) is 0 Å². The van der Waals surface area contributed by atoms with Crippen molar-refractivity contribution in [2.24, 2.45) is 11.8 Å². The molecule has 2 nitrogen and oxygen atoms in total. The minimum absolute atomic E-state index is 0.329. The Morgan fingerprint density at radius 3 is 2.77 bits per heavy atom. The summed E-state index contributed by atoms with van der Waals surface area (Å²) >= 11 is 0. The van der Waals surface area contributed by atoms with E-state index in [2.05, 4.69) is 17.0 Å². The number of rotatable bonds is 3. The zero-order chi connectivity index (χ0) is 15.0. The predicted molar refractivity (Wildman–Crippen MR) is 90.1 cm³/mol. The Labute approximate surface area is 134 Å². The smallest absolute Gasteiger partial charge is 0.115 e. The summed E-state index contributed by atoms with van der Waals surface area (Å²) in [6.07, 6.45) is 11.0. The first-order valence-corrected chi connectivity index (χ1v) is 9.28. The number of phenols is 1. The fourth-order valence-electron chi connectivity index (χ4n) is 5.06. The summed E-state index contributed by atoms with van der Waals surface area (Å²) in [5.74, 6) is 2.25. The highest BCUT2D eigenvalue weighted by Crippen LogP contribution is 2.50. The van der Waals surface area contributed by atoms with E-state index in [4.69, 9.17) is 0 Å². The fourth-order valence-corrected chi connectivity index (χ4v) is 5.06. The Kier molecular flexibility index (Phi) is 3.89. The number of aromatic hydroxyl groups is 1. The van der Waals surface area contributed by atoms with Gasteiger partial charge in [-0.1, -0.05) is 25.0 Å². The van der Waals surface area contributed by atoms with Crippen LogP contribution in [0.5, 0.6) is 5.75 Å². The van der Waals surface area contributed by atoms with Gasteiger partial charge < -0.3 is 10.0 Å². The van der Waals surface area contributed by atoms with Crippen LogP contribution in [-0.2, 0) is 5.41 Å². The van der Waals surface area contributed by atoms with Gasteiger partial charge in [-0.3, -0.25) is 0 Å². The molecule has 1 aliphatic heterocycles. The molecule has 2 unspecified atom stereocenters. The van der Waals surface area contributed by atoms with Crippen LogP contribution in [0.3, 0.4) is 0 Å². The van der Waals surface area contributed by atoms with Gasteiger partial charge in [0.2, 0.25) is 0 Å². The molecule has 0 bridgehead atoms. The topological polar surface area (TPSA) is 23.5 Å². The van der Waals surface area contributed by atoms with Crippen LogP contribution in [0.1, 0.15) is 56.9 Å². The molecule has 0 radical (unpaired) electrons. The second-order valence-electron chi connectivity index (χ2n) is 7.93. The normalized spacial score (nSPS) is 33.2. The molecule has 1 heterocycles. The number of hydrogen-bond donors (Lipinski definition) is 1. The van der Waals surface area contributed by atoms with E-state index in [1.165, 1.54) is 76.6 Å². The molecule has 2 heteroatoms. The summed E-state index contributed by atoms with van der Waals surface area (Å²) in [7, 11) is 0. The third-order valence-electron chi connectivity index (χ3n) is 6.51. The zero-order valence-corrected chi connectivity index (χ0v) is 13.6. The first-order chi connectivity index (χ1) is 10.8. The molecule has 2 saturated carbocycles. The van der Waals surface area contributed by atoms with Crippen LogP contribution < -0.4 is 0 Å². The average Bonchev–Trinajstić information content (AvgIpc) is 3.36. The minimum Gasteiger partial charge on any atom is -0.508 e. The molecule has 0 amide bonds. The van der Waals surface area contributed by atoms with Gasteiger partial charge in [0.1, 0.15) is 5.75 Å². The third kappa shape index (κ3) is 2.78. The van der Waals surface area contributed by atoms with Crippen molar-refractivity contribution in [2.45, 2.75) is 56.8 Å². The Bertz CT molecular complexity index is 524. The van der Waals surface area contributed by atoms with Crippen LogP contribution in [0, 0.1) is 11.8 Å². The van der Waals surface area contributed by atoms with Crippen LogP contribution in [0.25, 0.3) is 0 Å². The Morgan fingerprint density at radius 2 is 1.95 bits per heavy atom. The lowest BCUT2D eigenvalue weighted by Gasteiger charge is -2.44.